The van der Waals surface area contributed by atoms with E-state index in [1.54, 1.807) is 7.11 Å². The van der Waals surface area contributed by atoms with Crippen LogP contribution < -0.4 is 0 Å². The summed E-state index contributed by atoms with van der Waals surface area (Å²) in [5.41, 5.74) is 0.322. The molecule has 1 saturated heterocycles. The second kappa shape index (κ2) is 7.22. The third-order valence-electron chi connectivity index (χ3n) is 4.20. The molecule has 0 aromatic rings. The summed E-state index contributed by atoms with van der Waals surface area (Å²) in [6.45, 7) is 3.37. The Morgan fingerprint density at radius 1 is 1.28 bits per heavy atom. The number of hydrogen-bond donors (Lipinski definition) is 0. The zero-order chi connectivity index (χ0) is 12.8. The van der Waals surface area contributed by atoms with Crippen molar-refractivity contribution >= 4 is 15.9 Å². The summed E-state index contributed by atoms with van der Waals surface area (Å²) in [6, 6.07) is 0. The van der Waals surface area contributed by atoms with Gasteiger partial charge < -0.3 is 14.2 Å². The van der Waals surface area contributed by atoms with E-state index in [0.29, 0.717) is 11.5 Å². The molecule has 0 radical (unpaired) electrons. The number of ether oxygens (including phenoxy) is 3. The first-order valence-electron chi connectivity index (χ1n) is 7.07. The average Bonchev–Trinajstić information content (AvgIpc) is 3.15. The summed E-state index contributed by atoms with van der Waals surface area (Å²) in [6.07, 6.45) is 6.47. The highest BCUT2D eigenvalue weighted by Crippen LogP contribution is 2.50. The molecule has 4 heteroatoms. The van der Waals surface area contributed by atoms with Crippen molar-refractivity contribution in [1.29, 1.82) is 0 Å². The largest absolute Gasteiger partial charge is 0.385 e. The lowest BCUT2D eigenvalue weighted by Crippen LogP contribution is -2.35. The van der Waals surface area contributed by atoms with Gasteiger partial charge in [-0.1, -0.05) is 15.9 Å². The van der Waals surface area contributed by atoms with Crippen LogP contribution >= 0.6 is 15.9 Å². The summed E-state index contributed by atoms with van der Waals surface area (Å²) in [7, 11) is 1.73. The van der Waals surface area contributed by atoms with Crippen molar-refractivity contribution in [3.8, 4) is 0 Å². The molecule has 0 bridgehead atoms. The van der Waals surface area contributed by atoms with Crippen LogP contribution in [-0.2, 0) is 14.2 Å². The Kier molecular flexibility index (Phi) is 5.93. The normalized spacial score (nSPS) is 32.0. The molecule has 1 heterocycles. The van der Waals surface area contributed by atoms with Crippen molar-refractivity contribution in [2.45, 2.75) is 38.2 Å². The Morgan fingerprint density at radius 3 is 2.78 bits per heavy atom. The molecule has 2 fully saturated rings. The highest BCUT2D eigenvalue weighted by Gasteiger charge is 2.49. The van der Waals surface area contributed by atoms with E-state index in [2.05, 4.69) is 15.9 Å². The lowest BCUT2D eigenvalue weighted by atomic mass is 9.78. The van der Waals surface area contributed by atoms with Crippen LogP contribution in [0.2, 0.25) is 0 Å². The van der Waals surface area contributed by atoms with Crippen molar-refractivity contribution in [3.05, 3.63) is 0 Å². The van der Waals surface area contributed by atoms with Crippen molar-refractivity contribution in [2.24, 2.45) is 11.3 Å². The molecule has 1 aliphatic carbocycles. The molecule has 0 N–H and O–H groups in total. The lowest BCUT2D eigenvalue weighted by molar-refractivity contribution is 0.0176. The van der Waals surface area contributed by atoms with E-state index >= 15 is 0 Å². The minimum atomic E-state index is 0.322. The second-order valence-corrected chi connectivity index (χ2v) is 6.14. The van der Waals surface area contributed by atoms with Crippen LogP contribution in [0.1, 0.15) is 32.1 Å². The summed E-state index contributed by atoms with van der Waals surface area (Å²) < 4.78 is 16.7. The van der Waals surface area contributed by atoms with Crippen molar-refractivity contribution in [2.75, 3.05) is 38.9 Å². The van der Waals surface area contributed by atoms with Crippen molar-refractivity contribution in [1.82, 2.24) is 0 Å². The molecule has 0 amide bonds. The van der Waals surface area contributed by atoms with Gasteiger partial charge in [0, 0.05) is 44.3 Å². The van der Waals surface area contributed by atoms with Crippen LogP contribution in [0.4, 0.5) is 0 Å². The van der Waals surface area contributed by atoms with Gasteiger partial charge in [-0.05, 0) is 38.0 Å². The minimum Gasteiger partial charge on any atom is -0.385 e. The SMILES string of the molecule is COCCCOCCC1(CBr)CCOC1C1CC1. The van der Waals surface area contributed by atoms with Gasteiger partial charge in [-0.15, -0.1) is 0 Å². The van der Waals surface area contributed by atoms with Crippen LogP contribution in [0.25, 0.3) is 0 Å². The average molecular weight is 321 g/mol. The van der Waals surface area contributed by atoms with E-state index in [1.165, 1.54) is 19.3 Å². The first kappa shape index (κ1) is 14.8. The highest BCUT2D eigenvalue weighted by atomic mass is 79.9. The van der Waals surface area contributed by atoms with Gasteiger partial charge >= 0.3 is 0 Å². The molecule has 18 heavy (non-hydrogen) atoms. The summed E-state index contributed by atoms with van der Waals surface area (Å²) in [5, 5.41) is 1.04. The van der Waals surface area contributed by atoms with Crippen molar-refractivity contribution < 1.29 is 14.2 Å². The number of hydrogen-bond acceptors (Lipinski definition) is 3. The first-order valence-corrected chi connectivity index (χ1v) is 8.19. The third-order valence-corrected chi connectivity index (χ3v) is 5.32. The van der Waals surface area contributed by atoms with E-state index in [4.69, 9.17) is 14.2 Å². The van der Waals surface area contributed by atoms with Crippen LogP contribution in [0.3, 0.4) is 0 Å². The first-order chi connectivity index (χ1) is 8.82. The van der Waals surface area contributed by atoms with Gasteiger partial charge in [-0.25, -0.2) is 0 Å². The predicted molar refractivity (Wildman–Crippen MR) is 75.2 cm³/mol. The molecular formula is C14H25BrO3. The minimum absolute atomic E-state index is 0.322. The van der Waals surface area contributed by atoms with Gasteiger partial charge in [-0.2, -0.15) is 0 Å². The Hall–Kier alpha value is 0.360. The molecule has 3 nitrogen and oxygen atoms in total. The summed E-state index contributed by atoms with van der Waals surface area (Å²) in [5.74, 6) is 0.818. The lowest BCUT2D eigenvalue weighted by Gasteiger charge is -2.32. The van der Waals surface area contributed by atoms with Crippen LogP contribution in [0.15, 0.2) is 0 Å². The molecule has 1 saturated carbocycles. The van der Waals surface area contributed by atoms with Crippen LogP contribution in [-0.4, -0.2) is 45.0 Å². The standard InChI is InChI=1S/C14H25BrO3/c1-16-7-2-8-17-9-5-14(11-15)6-10-18-13(14)12-3-4-12/h12-13H,2-11H2,1H3. The maximum Gasteiger partial charge on any atom is 0.0669 e. The van der Waals surface area contributed by atoms with Crippen molar-refractivity contribution in [3.63, 3.8) is 0 Å². The van der Waals surface area contributed by atoms with E-state index in [9.17, 15) is 0 Å². The molecule has 1 aliphatic heterocycles. The Morgan fingerprint density at radius 2 is 2.11 bits per heavy atom. The molecule has 2 rings (SSSR count). The number of alkyl halides is 1. The Balaban J connectivity index is 1.70. The molecular weight excluding hydrogens is 296 g/mol. The maximum atomic E-state index is 5.97. The van der Waals surface area contributed by atoms with Crippen LogP contribution in [0.5, 0.6) is 0 Å². The highest BCUT2D eigenvalue weighted by molar-refractivity contribution is 9.09. The van der Waals surface area contributed by atoms with Gasteiger partial charge in [0.05, 0.1) is 6.10 Å². The molecule has 106 valence electrons. The number of halogens is 1. The van der Waals surface area contributed by atoms with Gasteiger partial charge in [-0.3, -0.25) is 0 Å². The van der Waals surface area contributed by atoms with E-state index in [1.807, 2.05) is 0 Å². The molecule has 2 unspecified atom stereocenters. The zero-order valence-corrected chi connectivity index (χ0v) is 12.9. The molecule has 2 aliphatic rings. The Labute approximate surface area is 119 Å². The number of rotatable bonds is 9. The molecule has 0 spiro atoms. The monoisotopic (exact) mass is 320 g/mol. The fraction of sp³-hybridized carbons (Fsp3) is 1.00. The van der Waals surface area contributed by atoms with Gasteiger partial charge in [0.15, 0.2) is 0 Å². The maximum absolute atomic E-state index is 5.97. The summed E-state index contributed by atoms with van der Waals surface area (Å²) >= 11 is 3.71. The van der Waals surface area contributed by atoms with Crippen LogP contribution in [0, 0.1) is 11.3 Å². The van der Waals surface area contributed by atoms with E-state index in [-0.39, 0.29) is 0 Å². The second-order valence-electron chi connectivity index (χ2n) is 5.58. The van der Waals surface area contributed by atoms with Gasteiger partial charge in [0.25, 0.3) is 0 Å². The Bertz CT molecular complexity index is 245. The smallest absolute Gasteiger partial charge is 0.0669 e. The van der Waals surface area contributed by atoms with E-state index < -0.39 is 0 Å². The zero-order valence-electron chi connectivity index (χ0n) is 11.3. The summed E-state index contributed by atoms with van der Waals surface area (Å²) in [4.78, 5) is 0. The van der Waals surface area contributed by atoms with Gasteiger partial charge in [0.1, 0.15) is 0 Å². The fourth-order valence-electron chi connectivity index (χ4n) is 2.90. The molecule has 0 aromatic heterocycles. The molecule has 0 aromatic carbocycles. The topological polar surface area (TPSA) is 27.7 Å². The van der Waals surface area contributed by atoms with E-state index in [0.717, 1.165) is 50.5 Å². The number of methoxy groups -OCH3 is 1. The predicted octanol–water partition coefficient (Wildman–Crippen LogP) is 3.01. The quantitative estimate of drug-likeness (QED) is 0.483. The fourth-order valence-corrected chi connectivity index (χ4v) is 3.78. The molecule has 2 atom stereocenters. The third kappa shape index (κ3) is 3.69. The van der Waals surface area contributed by atoms with Gasteiger partial charge in [0.2, 0.25) is 0 Å².